The van der Waals surface area contributed by atoms with Crippen molar-refractivity contribution in [2.75, 3.05) is 6.61 Å². The Balaban J connectivity index is 2.15. The van der Waals surface area contributed by atoms with Crippen LogP contribution in [-0.2, 0) is 9.53 Å². The average molecular weight is 176 g/mol. The summed E-state index contributed by atoms with van der Waals surface area (Å²) in [6, 6.07) is 10.0. The lowest BCUT2D eigenvalue weighted by molar-refractivity contribution is -0.145. The van der Waals surface area contributed by atoms with Gasteiger partial charge >= 0.3 is 0 Å². The van der Waals surface area contributed by atoms with Crippen LogP contribution in [0.2, 0.25) is 0 Å². The van der Waals surface area contributed by atoms with E-state index in [9.17, 15) is 4.79 Å². The minimum Gasteiger partial charge on any atom is -0.369 e. The van der Waals surface area contributed by atoms with Crippen molar-refractivity contribution in [2.24, 2.45) is 0 Å². The molecular formula is C11H12O2. The second kappa shape index (κ2) is 3.30. The maximum Gasteiger partial charge on any atom is 0.159 e. The first kappa shape index (κ1) is 8.45. The van der Waals surface area contributed by atoms with Crippen LogP contribution >= 0.6 is 0 Å². The van der Waals surface area contributed by atoms with E-state index in [4.69, 9.17) is 4.74 Å². The fraction of sp³-hybridized carbons (Fsp3) is 0.364. The first-order chi connectivity index (χ1) is 6.29. The summed E-state index contributed by atoms with van der Waals surface area (Å²) in [6.07, 6.45) is -0.206. The number of Topliss-reactive ketones (excluding diaryl/α,β-unsaturated/α-hetero) is 1. The van der Waals surface area contributed by atoms with Crippen molar-refractivity contribution in [3.63, 3.8) is 0 Å². The van der Waals surface area contributed by atoms with E-state index in [0.717, 1.165) is 0 Å². The molecule has 1 aromatic carbocycles. The third-order valence-corrected chi connectivity index (χ3v) is 2.45. The summed E-state index contributed by atoms with van der Waals surface area (Å²) >= 11 is 0. The lowest BCUT2D eigenvalue weighted by Crippen LogP contribution is -2.42. The molecule has 1 saturated heterocycles. The van der Waals surface area contributed by atoms with Crippen molar-refractivity contribution in [3.8, 4) is 0 Å². The van der Waals surface area contributed by atoms with Gasteiger partial charge in [0.1, 0.15) is 6.10 Å². The highest BCUT2D eigenvalue weighted by atomic mass is 16.5. The fourth-order valence-electron chi connectivity index (χ4n) is 1.66. The molecule has 2 rings (SSSR count). The molecule has 0 spiro atoms. The Labute approximate surface area is 77.5 Å². The van der Waals surface area contributed by atoms with Crippen molar-refractivity contribution >= 4 is 5.78 Å². The average Bonchev–Trinajstić information content (AvgIpc) is 2.02. The Kier molecular flexibility index (Phi) is 2.15. The van der Waals surface area contributed by atoms with Crippen molar-refractivity contribution in [1.82, 2.24) is 0 Å². The summed E-state index contributed by atoms with van der Waals surface area (Å²) in [7, 11) is 0. The molecule has 0 radical (unpaired) electrons. The van der Waals surface area contributed by atoms with Crippen LogP contribution in [0.15, 0.2) is 30.3 Å². The van der Waals surface area contributed by atoms with Crippen LogP contribution in [0.3, 0.4) is 0 Å². The van der Waals surface area contributed by atoms with Crippen molar-refractivity contribution in [3.05, 3.63) is 35.9 Å². The van der Waals surface area contributed by atoms with Gasteiger partial charge < -0.3 is 4.74 Å². The summed E-state index contributed by atoms with van der Waals surface area (Å²) in [6.45, 7) is 2.26. The van der Waals surface area contributed by atoms with Crippen LogP contribution in [0, 0.1) is 0 Å². The molecule has 1 heterocycles. The van der Waals surface area contributed by atoms with Gasteiger partial charge in [0.2, 0.25) is 0 Å². The molecule has 1 fully saturated rings. The monoisotopic (exact) mass is 176 g/mol. The molecule has 0 saturated carbocycles. The highest BCUT2D eigenvalue weighted by molar-refractivity contribution is 5.82. The van der Waals surface area contributed by atoms with Crippen molar-refractivity contribution < 1.29 is 9.53 Å². The topological polar surface area (TPSA) is 26.3 Å². The van der Waals surface area contributed by atoms with E-state index in [-0.39, 0.29) is 17.8 Å². The number of ether oxygens (including phenoxy) is 1. The van der Waals surface area contributed by atoms with Gasteiger partial charge in [-0.2, -0.15) is 0 Å². The van der Waals surface area contributed by atoms with E-state index < -0.39 is 0 Å². The normalized spacial score (nSPS) is 26.5. The number of rotatable bonds is 2. The lowest BCUT2D eigenvalue weighted by Gasteiger charge is -2.35. The van der Waals surface area contributed by atoms with Crippen LogP contribution in [0.4, 0.5) is 0 Å². The maximum atomic E-state index is 11.1. The molecule has 68 valence electrons. The molecule has 1 aromatic rings. The maximum absolute atomic E-state index is 11.1. The van der Waals surface area contributed by atoms with E-state index >= 15 is 0 Å². The van der Waals surface area contributed by atoms with Crippen LogP contribution in [0.1, 0.15) is 18.4 Å². The third kappa shape index (κ3) is 1.49. The Morgan fingerprint density at radius 1 is 1.38 bits per heavy atom. The Hall–Kier alpha value is -1.15. The van der Waals surface area contributed by atoms with Gasteiger partial charge in [-0.3, -0.25) is 4.79 Å². The molecule has 0 aliphatic carbocycles. The SMILES string of the molecule is CC(=O)[C@@H]1OC[C@@H]1c1ccccc1. The van der Waals surface area contributed by atoms with Crippen LogP contribution in [-0.4, -0.2) is 18.5 Å². The third-order valence-electron chi connectivity index (χ3n) is 2.45. The zero-order chi connectivity index (χ0) is 9.26. The molecule has 0 bridgehead atoms. The molecule has 2 nitrogen and oxygen atoms in total. The number of carbonyl (C=O) groups is 1. The smallest absolute Gasteiger partial charge is 0.159 e. The summed E-state index contributed by atoms with van der Waals surface area (Å²) < 4.78 is 5.21. The minimum atomic E-state index is -0.206. The number of benzene rings is 1. The van der Waals surface area contributed by atoms with Gasteiger partial charge in [-0.15, -0.1) is 0 Å². The molecule has 0 aromatic heterocycles. The molecule has 2 heteroatoms. The number of hydrogen-bond donors (Lipinski definition) is 0. The molecule has 2 atom stereocenters. The zero-order valence-electron chi connectivity index (χ0n) is 7.57. The largest absolute Gasteiger partial charge is 0.369 e. The van der Waals surface area contributed by atoms with Gasteiger partial charge in [-0.1, -0.05) is 30.3 Å². The van der Waals surface area contributed by atoms with Crippen LogP contribution in [0.5, 0.6) is 0 Å². The molecule has 1 aliphatic rings. The van der Waals surface area contributed by atoms with Gasteiger partial charge in [0.25, 0.3) is 0 Å². The predicted octanol–water partition coefficient (Wildman–Crippen LogP) is 1.76. The predicted molar refractivity (Wildman–Crippen MR) is 49.6 cm³/mol. The van der Waals surface area contributed by atoms with Crippen molar-refractivity contribution in [2.45, 2.75) is 18.9 Å². The molecule has 0 amide bonds. The first-order valence-electron chi connectivity index (χ1n) is 4.46. The molecule has 0 unspecified atom stereocenters. The van der Waals surface area contributed by atoms with Gasteiger partial charge in [0.15, 0.2) is 5.78 Å². The van der Waals surface area contributed by atoms with Crippen molar-refractivity contribution in [1.29, 1.82) is 0 Å². The molecule has 13 heavy (non-hydrogen) atoms. The van der Waals surface area contributed by atoms with E-state index in [1.54, 1.807) is 6.92 Å². The summed E-state index contributed by atoms with van der Waals surface area (Å²) in [5.74, 6) is 0.402. The molecular weight excluding hydrogens is 164 g/mol. The second-order valence-electron chi connectivity index (χ2n) is 3.38. The summed E-state index contributed by atoms with van der Waals surface area (Å²) in [4.78, 5) is 11.1. The Morgan fingerprint density at radius 2 is 2.08 bits per heavy atom. The van der Waals surface area contributed by atoms with E-state index in [1.165, 1.54) is 5.56 Å². The van der Waals surface area contributed by atoms with Gasteiger partial charge in [-0.25, -0.2) is 0 Å². The highest BCUT2D eigenvalue weighted by Crippen LogP contribution is 2.31. The highest BCUT2D eigenvalue weighted by Gasteiger charge is 2.36. The molecule has 0 N–H and O–H groups in total. The van der Waals surface area contributed by atoms with Gasteiger partial charge in [0.05, 0.1) is 6.61 Å². The molecule has 1 aliphatic heterocycles. The standard InChI is InChI=1S/C11H12O2/c1-8(12)11-10(7-13-11)9-5-3-2-4-6-9/h2-6,10-11H,7H2,1H3/t10-,11+/m1/s1. The second-order valence-corrected chi connectivity index (χ2v) is 3.38. The summed E-state index contributed by atoms with van der Waals surface area (Å²) in [5, 5.41) is 0. The van der Waals surface area contributed by atoms with Gasteiger partial charge in [0, 0.05) is 5.92 Å². The Morgan fingerprint density at radius 3 is 2.54 bits per heavy atom. The number of ketones is 1. The fourth-order valence-corrected chi connectivity index (χ4v) is 1.66. The van der Waals surface area contributed by atoms with E-state index in [1.807, 2.05) is 30.3 Å². The quantitative estimate of drug-likeness (QED) is 0.686. The zero-order valence-corrected chi connectivity index (χ0v) is 7.57. The number of hydrogen-bond acceptors (Lipinski definition) is 2. The lowest BCUT2D eigenvalue weighted by atomic mass is 9.88. The van der Waals surface area contributed by atoms with Crippen LogP contribution < -0.4 is 0 Å². The van der Waals surface area contributed by atoms with E-state index in [0.29, 0.717) is 6.61 Å². The van der Waals surface area contributed by atoms with Crippen LogP contribution in [0.25, 0.3) is 0 Å². The van der Waals surface area contributed by atoms with Gasteiger partial charge in [-0.05, 0) is 12.5 Å². The summed E-state index contributed by atoms with van der Waals surface area (Å²) in [5.41, 5.74) is 1.20. The number of carbonyl (C=O) groups excluding carboxylic acids is 1. The Bertz CT molecular complexity index is 305. The van der Waals surface area contributed by atoms with E-state index in [2.05, 4.69) is 0 Å². The minimum absolute atomic E-state index is 0.125. The first-order valence-corrected chi connectivity index (χ1v) is 4.46.